The molecule has 3 rings (SSSR count). The molecular formula is C18H26FN3O3. The predicted molar refractivity (Wildman–Crippen MR) is 93.6 cm³/mol. The van der Waals surface area contributed by atoms with Crippen LogP contribution in [0.2, 0.25) is 0 Å². The van der Waals surface area contributed by atoms with Gasteiger partial charge in [0.1, 0.15) is 0 Å². The van der Waals surface area contributed by atoms with Crippen LogP contribution in [0.1, 0.15) is 19.3 Å². The Kier molecular flexibility index (Phi) is 5.75. The number of morpholine rings is 1. The van der Waals surface area contributed by atoms with Crippen LogP contribution in [0, 0.1) is 5.82 Å². The zero-order valence-electron chi connectivity index (χ0n) is 14.8. The predicted octanol–water partition coefficient (Wildman–Crippen LogP) is 2.55. The number of anilines is 1. The number of ether oxygens (including phenoxy) is 2. The van der Waals surface area contributed by atoms with Gasteiger partial charge in [-0.1, -0.05) is 0 Å². The third kappa shape index (κ3) is 4.83. The largest absolute Gasteiger partial charge is 0.487 e. The third-order valence-corrected chi connectivity index (χ3v) is 4.52. The maximum Gasteiger partial charge on any atom is 0.322 e. The van der Waals surface area contributed by atoms with Gasteiger partial charge in [0.15, 0.2) is 11.6 Å². The molecule has 138 valence electrons. The Bertz CT molecular complexity index is 607. The molecule has 2 amide bonds. The van der Waals surface area contributed by atoms with Crippen LogP contribution in [-0.2, 0) is 4.74 Å². The number of likely N-dealkylation sites (N-methyl/N-ethyl adjacent to an activating group) is 1. The van der Waals surface area contributed by atoms with Gasteiger partial charge in [-0.3, -0.25) is 0 Å². The number of nitrogens with zero attached hydrogens (tertiary/aromatic N) is 2. The Labute approximate surface area is 147 Å². The smallest absolute Gasteiger partial charge is 0.322 e. The lowest BCUT2D eigenvalue weighted by atomic mass is 9.96. The third-order valence-electron chi connectivity index (χ3n) is 4.52. The molecule has 1 unspecified atom stereocenters. The molecule has 1 aromatic rings. The van der Waals surface area contributed by atoms with E-state index in [9.17, 15) is 9.18 Å². The SMILES string of the molecule is CN(C)CC1CN(C(=O)Nc2ccc(OC3CCC3)c(F)c2)CCO1. The lowest BCUT2D eigenvalue weighted by Gasteiger charge is -2.34. The average Bonchev–Trinajstić information content (AvgIpc) is 2.52. The first-order chi connectivity index (χ1) is 12.0. The molecule has 1 atom stereocenters. The summed E-state index contributed by atoms with van der Waals surface area (Å²) in [6.45, 7) is 2.32. The number of hydrogen-bond acceptors (Lipinski definition) is 4. The Morgan fingerprint density at radius 1 is 1.44 bits per heavy atom. The van der Waals surface area contributed by atoms with Crippen LogP contribution in [-0.4, -0.2) is 68.4 Å². The van der Waals surface area contributed by atoms with Gasteiger partial charge in [-0.2, -0.15) is 0 Å². The van der Waals surface area contributed by atoms with E-state index >= 15 is 0 Å². The van der Waals surface area contributed by atoms with Crippen molar-refractivity contribution < 1.29 is 18.7 Å². The Hall–Kier alpha value is -1.86. The Balaban J connectivity index is 1.55. The van der Waals surface area contributed by atoms with Gasteiger partial charge in [-0.15, -0.1) is 0 Å². The van der Waals surface area contributed by atoms with Crippen molar-refractivity contribution in [1.29, 1.82) is 0 Å². The van der Waals surface area contributed by atoms with Gasteiger partial charge in [0.05, 0.1) is 18.8 Å². The van der Waals surface area contributed by atoms with Crippen LogP contribution in [0.15, 0.2) is 18.2 Å². The molecule has 1 aliphatic heterocycles. The molecule has 0 radical (unpaired) electrons. The Morgan fingerprint density at radius 2 is 2.24 bits per heavy atom. The van der Waals surface area contributed by atoms with Crippen molar-refractivity contribution in [2.75, 3.05) is 45.7 Å². The van der Waals surface area contributed by atoms with E-state index in [-0.39, 0.29) is 24.0 Å². The topological polar surface area (TPSA) is 54.0 Å². The summed E-state index contributed by atoms with van der Waals surface area (Å²) in [4.78, 5) is 16.2. The molecule has 1 aromatic carbocycles. The number of urea groups is 1. The average molecular weight is 351 g/mol. The van der Waals surface area contributed by atoms with E-state index < -0.39 is 5.82 Å². The summed E-state index contributed by atoms with van der Waals surface area (Å²) in [7, 11) is 3.94. The fourth-order valence-corrected chi connectivity index (χ4v) is 2.97. The lowest BCUT2D eigenvalue weighted by molar-refractivity contribution is -0.0228. The van der Waals surface area contributed by atoms with Crippen LogP contribution < -0.4 is 10.1 Å². The Morgan fingerprint density at radius 3 is 2.88 bits per heavy atom. The molecule has 1 heterocycles. The number of amides is 2. The van der Waals surface area contributed by atoms with Crippen LogP contribution in [0.4, 0.5) is 14.9 Å². The van der Waals surface area contributed by atoms with Gasteiger partial charge >= 0.3 is 6.03 Å². The van der Waals surface area contributed by atoms with Crippen molar-refractivity contribution in [2.24, 2.45) is 0 Å². The van der Waals surface area contributed by atoms with Crippen molar-refractivity contribution in [3.05, 3.63) is 24.0 Å². The minimum Gasteiger partial charge on any atom is -0.487 e. The van der Waals surface area contributed by atoms with E-state index in [2.05, 4.69) is 5.32 Å². The molecular weight excluding hydrogens is 325 g/mol. The van der Waals surface area contributed by atoms with E-state index in [4.69, 9.17) is 9.47 Å². The molecule has 0 aromatic heterocycles. The summed E-state index contributed by atoms with van der Waals surface area (Å²) in [5.41, 5.74) is 0.430. The van der Waals surface area contributed by atoms with Gasteiger partial charge in [-0.25, -0.2) is 9.18 Å². The van der Waals surface area contributed by atoms with Gasteiger partial charge < -0.3 is 24.6 Å². The highest BCUT2D eigenvalue weighted by atomic mass is 19.1. The minimum absolute atomic E-state index is 0.00973. The van der Waals surface area contributed by atoms with E-state index in [1.807, 2.05) is 19.0 Å². The quantitative estimate of drug-likeness (QED) is 0.886. The number of carbonyl (C=O) groups is 1. The van der Waals surface area contributed by atoms with Crippen LogP contribution in [0.25, 0.3) is 0 Å². The van der Waals surface area contributed by atoms with Gasteiger partial charge in [0.25, 0.3) is 0 Å². The standard InChI is InChI=1S/C18H26FN3O3/c1-21(2)11-15-12-22(8-9-24-15)18(23)20-13-6-7-17(16(19)10-13)25-14-4-3-5-14/h6-7,10,14-15H,3-5,8-9,11-12H2,1-2H3,(H,20,23). The van der Waals surface area contributed by atoms with Crippen molar-refractivity contribution in [1.82, 2.24) is 9.80 Å². The number of nitrogens with one attached hydrogen (secondary N) is 1. The zero-order chi connectivity index (χ0) is 17.8. The normalized spacial score (nSPS) is 21.1. The lowest BCUT2D eigenvalue weighted by Crippen LogP contribution is -2.50. The summed E-state index contributed by atoms with van der Waals surface area (Å²) < 4.78 is 25.4. The van der Waals surface area contributed by atoms with Crippen molar-refractivity contribution in [2.45, 2.75) is 31.5 Å². The maximum atomic E-state index is 14.2. The van der Waals surface area contributed by atoms with Gasteiger partial charge in [-0.05, 0) is 45.5 Å². The van der Waals surface area contributed by atoms with Crippen molar-refractivity contribution >= 4 is 11.7 Å². The first-order valence-electron chi connectivity index (χ1n) is 8.80. The molecule has 6 nitrogen and oxygen atoms in total. The molecule has 25 heavy (non-hydrogen) atoms. The molecule has 1 saturated carbocycles. The summed E-state index contributed by atoms with van der Waals surface area (Å²) in [5, 5.41) is 2.76. The first kappa shape index (κ1) is 17.9. The van der Waals surface area contributed by atoms with Crippen LogP contribution in [0.3, 0.4) is 0 Å². The number of rotatable bonds is 5. The second kappa shape index (κ2) is 8.01. The fourth-order valence-electron chi connectivity index (χ4n) is 2.97. The maximum absolute atomic E-state index is 14.2. The molecule has 2 fully saturated rings. The molecule has 0 spiro atoms. The van der Waals surface area contributed by atoms with E-state index in [0.717, 1.165) is 25.8 Å². The second-order valence-corrected chi connectivity index (χ2v) is 6.95. The number of hydrogen-bond donors (Lipinski definition) is 1. The summed E-state index contributed by atoms with van der Waals surface area (Å²) in [6, 6.07) is 4.33. The zero-order valence-corrected chi connectivity index (χ0v) is 14.8. The molecule has 7 heteroatoms. The highest BCUT2D eigenvalue weighted by molar-refractivity contribution is 5.89. The fraction of sp³-hybridized carbons (Fsp3) is 0.611. The summed E-state index contributed by atoms with van der Waals surface area (Å²) in [6.07, 6.45) is 3.20. The number of halogens is 1. The monoisotopic (exact) mass is 351 g/mol. The van der Waals surface area contributed by atoms with Gasteiger partial charge in [0.2, 0.25) is 0 Å². The van der Waals surface area contributed by atoms with Crippen LogP contribution >= 0.6 is 0 Å². The molecule has 1 aliphatic carbocycles. The molecule has 1 saturated heterocycles. The number of carbonyl (C=O) groups excluding carboxylic acids is 1. The van der Waals surface area contributed by atoms with E-state index in [1.165, 1.54) is 6.07 Å². The molecule has 1 N–H and O–H groups in total. The van der Waals surface area contributed by atoms with Crippen molar-refractivity contribution in [3.63, 3.8) is 0 Å². The molecule has 0 bridgehead atoms. The minimum atomic E-state index is -0.447. The first-order valence-corrected chi connectivity index (χ1v) is 8.80. The van der Waals surface area contributed by atoms with E-state index in [0.29, 0.717) is 25.4 Å². The highest BCUT2D eigenvalue weighted by Gasteiger charge is 2.25. The number of benzene rings is 1. The van der Waals surface area contributed by atoms with Crippen LogP contribution in [0.5, 0.6) is 5.75 Å². The van der Waals surface area contributed by atoms with Crippen molar-refractivity contribution in [3.8, 4) is 5.75 Å². The summed E-state index contributed by atoms with van der Waals surface area (Å²) >= 11 is 0. The summed E-state index contributed by atoms with van der Waals surface area (Å²) in [5.74, 6) is -0.197. The van der Waals surface area contributed by atoms with Gasteiger partial charge in [0, 0.05) is 31.4 Å². The van der Waals surface area contributed by atoms with E-state index in [1.54, 1.807) is 17.0 Å². The highest BCUT2D eigenvalue weighted by Crippen LogP contribution is 2.28. The molecule has 2 aliphatic rings. The second-order valence-electron chi connectivity index (χ2n) is 6.95.